The van der Waals surface area contributed by atoms with Gasteiger partial charge < -0.3 is 0 Å². The van der Waals surface area contributed by atoms with Crippen LogP contribution in [0.25, 0.3) is 0 Å². The molecule has 1 aliphatic heterocycles. The molecular formula is C13H17ClFN. The zero-order valence-electron chi connectivity index (χ0n) is 9.33. The fourth-order valence-electron chi connectivity index (χ4n) is 2.31. The van der Waals surface area contributed by atoms with E-state index in [0.717, 1.165) is 18.7 Å². The van der Waals surface area contributed by atoms with Gasteiger partial charge in [-0.2, -0.15) is 0 Å². The summed E-state index contributed by atoms with van der Waals surface area (Å²) in [5, 5.41) is 0. The Morgan fingerprint density at radius 3 is 3.00 bits per heavy atom. The van der Waals surface area contributed by atoms with E-state index in [-0.39, 0.29) is 5.82 Å². The fourth-order valence-corrected chi connectivity index (χ4v) is 2.66. The molecule has 0 amide bonds. The summed E-state index contributed by atoms with van der Waals surface area (Å²) in [5.41, 5.74) is 1.04. The van der Waals surface area contributed by atoms with Gasteiger partial charge in [-0.05, 0) is 37.1 Å². The summed E-state index contributed by atoms with van der Waals surface area (Å²) < 4.78 is 13.1. The van der Waals surface area contributed by atoms with E-state index in [1.165, 1.54) is 25.3 Å². The molecule has 1 heterocycles. The first kappa shape index (κ1) is 11.9. The van der Waals surface area contributed by atoms with Gasteiger partial charge in [-0.25, -0.2) is 4.39 Å². The van der Waals surface area contributed by atoms with Crippen LogP contribution in [0.2, 0.25) is 0 Å². The lowest BCUT2D eigenvalue weighted by Gasteiger charge is -2.34. The number of hydrogen-bond donors (Lipinski definition) is 0. The average Bonchev–Trinajstić information content (AvgIpc) is 2.30. The molecule has 16 heavy (non-hydrogen) atoms. The molecule has 0 aliphatic carbocycles. The minimum absolute atomic E-state index is 0.156. The van der Waals surface area contributed by atoms with Crippen molar-refractivity contribution in [2.75, 3.05) is 12.4 Å². The van der Waals surface area contributed by atoms with Crippen molar-refractivity contribution in [3.63, 3.8) is 0 Å². The maximum atomic E-state index is 13.1. The van der Waals surface area contributed by atoms with Crippen molar-refractivity contribution in [3.05, 3.63) is 35.6 Å². The van der Waals surface area contributed by atoms with E-state index >= 15 is 0 Å². The topological polar surface area (TPSA) is 3.24 Å². The second kappa shape index (κ2) is 5.65. The highest BCUT2D eigenvalue weighted by Gasteiger charge is 2.21. The first-order valence-electron chi connectivity index (χ1n) is 5.84. The minimum atomic E-state index is -0.156. The van der Waals surface area contributed by atoms with Crippen molar-refractivity contribution in [3.8, 4) is 0 Å². The van der Waals surface area contributed by atoms with E-state index in [1.807, 2.05) is 6.07 Å². The summed E-state index contributed by atoms with van der Waals surface area (Å²) in [6.45, 7) is 1.89. The quantitative estimate of drug-likeness (QED) is 0.733. The number of halogens is 2. The molecule has 1 nitrogen and oxygen atoms in total. The number of alkyl halides is 1. The van der Waals surface area contributed by atoms with Crippen LogP contribution in [0.5, 0.6) is 0 Å². The Bertz CT molecular complexity index is 342. The molecule has 0 N–H and O–H groups in total. The van der Waals surface area contributed by atoms with Crippen LogP contribution in [-0.2, 0) is 6.54 Å². The summed E-state index contributed by atoms with van der Waals surface area (Å²) in [6.07, 6.45) is 3.65. The van der Waals surface area contributed by atoms with Crippen LogP contribution in [0.4, 0.5) is 4.39 Å². The van der Waals surface area contributed by atoms with Gasteiger partial charge in [0, 0.05) is 18.5 Å². The molecule has 1 aromatic rings. The third-order valence-electron chi connectivity index (χ3n) is 3.20. The number of nitrogens with zero attached hydrogens (tertiary/aromatic N) is 1. The van der Waals surface area contributed by atoms with Gasteiger partial charge in [0.2, 0.25) is 0 Å². The molecule has 1 atom stereocenters. The maximum absolute atomic E-state index is 13.1. The monoisotopic (exact) mass is 241 g/mol. The number of likely N-dealkylation sites (tertiary alicyclic amines) is 1. The van der Waals surface area contributed by atoms with Crippen molar-refractivity contribution < 1.29 is 4.39 Å². The van der Waals surface area contributed by atoms with Crippen LogP contribution in [0.1, 0.15) is 24.8 Å². The lowest BCUT2D eigenvalue weighted by molar-refractivity contribution is 0.155. The molecule has 1 aliphatic rings. The molecule has 0 aromatic heterocycles. The molecule has 0 radical (unpaired) electrons. The fraction of sp³-hybridized carbons (Fsp3) is 0.538. The van der Waals surface area contributed by atoms with Crippen LogP contribution >= 0.6 is 11.6 Å². The normalized spacial score (nSPS) is 22.2. The van der Waals surface area contributed by atoms with E-state index < -0.39 is 0 Å². The van der Waals surface area contributed by atoms with Crippen LogP contribution in [0.15, 0.2) is 24.3 Å². The van der Waals surface area contributed by atoms with E-state index in [0.29, 0.717) is 11.9 Å². The zero-order valence-corrected chi connectivity index (χ0v) is 10.1. The summed E-state index contributed by atoms with van der Waals surface area (Å²) in [5.74, 6) is 0.520. The summed E-state index contributed by atoms with van der Waals surface area (Å²) >= 11 is 5.96. The summed E-state index contributed by atoms with van der Waals surface area (Å²) in [4.78, 5) is 2.37. The van der Waals surface area contributed by atoms with E-state index in [9.17, 15) is 4.39 Å². The van der Waals surface area contributed by atoms with Gasteiger partial charge in [0.1, 0.15) is 5.82 Å². The first-order valence-corrected chi connectivity index (χ1v) is 6.37. The molecule has 0 spiro atoms. The Labute approximate surface area is 101 Å². The third kappa shape index (κ3) is 2.96. The van der Waals surface area contributed by atoms with Gasteiger partial charge in [-0.1, -0.05) is 18.6 Å². The summed E-state index contributed by atoms with van der Waals surface area (Å²) in [7, 11) is 0. The highest BCUT2D eigenvalue weighted by molar-refractivity contribution is 6.18. The Morgan fingerprint density at radius 1 is 1.38 bits per heavy atom. The predicted octanol–water partition coefficient (Wildman–Crippen LogP) is 3.42. The molecular weight excluding hydrogens is 225 g/mol. The standard InChI is InChI=1S/C13H17ClFN/c14-9-13-6-1-2-7-16(13)10-11-4-3-5-12(15)8-11/h3-5,8,13H,1-2,6-7,9-10H2. The maximum Gasteiger partial charge on any atom is 0.123 e. The Balaban J connectivity index is 2.02. The highest BCUT2D eigenvalue weighted by Crippen LogP contribution is 2.20. The number of piperidine rings is 1. The second-order valence-corrected chi connectivity index (χ2v) is 4.71. The Kier molecular flexibility index (Phi) is 4.19. The smallest absolute Gasteiger partial charge is 0.123 e. The molecule has 0 saturated carbocycles. The van der Waals surface area contributed by atoms with Gasteiger partial charge in [0.05, 0.1) is 0 Å². The zero-order chi connectivity index (χ0) is 11.4. The van der Waals surface area contributed by atoms with Crippen LogP contribution < -0.4 is 0 Å². The van der Waals surface area contributed by atoms with Gasteiger partial charge in [-0.15, -0.1) is 11.6 Å². The second-order valence-electron chi connectivity index (χ2n) is 4.40. The van der Waals surface area contributed by atoms with Crippen molar-refractivity contribution >= 4 is 11.6 Å². The van der Waals surface area contributed by atoms with E-state index in [2.05, 4.69) is 4.90 Å². The average molecular weight is 242 g/mol. The van der Waals surface area contributed by atoms with Gasteiger partial charge in [0.15, 0.2) is 0 Å². The van der Waals surface area contributed by atoms with Crippen molar-refractivity contribution in [2.24, 2.45) is 0 Å². The number of benzene rings is 1. The van der Waals surface area contributed by atoms with Crippen LogP contribution in [-0.4, -0.2) is 23.4 Å². The largest absolute Gasteiger partial charge is 0.295 e. The lowest BCUT2D eigenvalue weighted by atomic mass is 10.0. The number of hydrogen-bond acceptors (Lipinski definition) is 1. The van der Waals surface area contributed by atoms with Crippen LogP contribution in [0, 0.1) is 5.82 Å². The van der Waals surface area contributed by atoms with Crippen molar-refractivity contribution in [1.29, 1.82) is 0 Å². The van der Waals surface area contributed by atoms with E-state index in [1.54, 1.807) is 12.1 Å². The van der Waals surface area contributed by atoms with Gasteiger partial charge in [-0.3, -0.25) is 4.90 Å². The molecule has 1 aromatic carbocycles. The molecule has 1 unspecified atom stereocenters. The van der Waals surface area contributed by atoms with Crippen molar-refractivity contribution in [2.45, 2.75) is 31.8 Å². The molecule has 3 heteroatoms. The molecule has 1 saturated heterocycles. The minimum Gasteiger partial charge on any atom is -0.295 e. The molecule has 2 rings (SSSR count). The highest BCUT2D eigenvalue weighted by atomic mass is 35.5. The first-order chi connectivity index (χ1) is 7.79. The van der Waals surface area contributed by atoms with Crippen molar-refractivity contribution in [1.82, 2.24) is 4.90 Å². The van der Waals surface area contributed by atoms with E-state index in [4.69, 9.17) is 11.6 Å². The Morgan fingerprint density at radius 2 is 2.25 bits per heavy atom. The SMILES string of the molecule is Fc1cccc(CN2CCCCC2CCl)c1. The van der Waals surface area contributed by atoms with Crippen LogP contribution in [0.3, 0.4) is 0 Å². The van der Waals surface area contributed by atoms with Gasteiger partial charge >= 0.3 is 0 Å². The molecule has 88 valence electrons. The lowest BCUT2D eigenvalue weighted by Crippen LogP contribution is -2.40. The van der Waals surface area contributed by atoms with Gasteiger partial charge in [0.25, 0.3) is 0 Å². The Hall–Kier alpha value is -0.600. The molecule has 1 fully saturated rings. The summed E-state index contributed by atoms with van der Waals surface area (Å²) in [6, 6.07) is 7.30. The number of rotatable bonds is 3. The molecule has 0 bridgehead atoms. The third-order valence-corrected chi connectivity index (χ3v) is 3.56. The predicted molar refractivity (Wildman–Crippen MR) is 65.2 cm³/mol.